The van der Waals surface area contributed by atoms with Crippen molar-refractivity contribution in [3.05, 3.63) is 66.1 Å². The summed E-state index contributed by atoms with van der Waals surface area (Å²) in [5, 5.41) is 4.94. The maximum atomic E-state index is 5.55. The van der Waals surface area contributed by atoms with Crippen molar-refractivity contribution < 1.29 is 0 Å². The number of fused-ring (bicyclic) bond motifs is 1. The van der Waals surface area contributed by atoms with Gasteiger partial charge in [-0.05, 0) is 36.4 Å². The van der Waals surface area contributed by atoms with Gasteiger partial charge < -0.3 is 10.7 Å². The highest BCUT2D eigenvalue weighted by atomic mass is 15.1. The number of rotatable bonds is 3. The molecule has 1 aromatic carbocycles. The number of nitrogens with zero attached hydrogens (tertiary/aromatic N) is 4. The zero-order valence-corrected chi connectivity index (χ0v) is 12.6. The Morgan fingerprint density at radius 2 is 1.91 bits per heavy atom. The number of aromatic nitrogens is 2. The molecule has 0 atom stereocenters. The Hall–Kier alpha value is -2.95. The summed E-state index contributed by atoms with van der Waals surface area (Å²) in [6.07, 6.45) is 1.71. The fourth-order valence-corrected chi connectivity index (χ4v) is 2.29. The van der Waals surface area contributed by atoms with E-state index in [2.05, 4.69) is 26.0 Å². The van der Waals surface area contributed by atoms with E-state index in [9.17, 15) is 0 Å². The second-order valence-corrected chi connectivity index (χ2v) is 5.16. The minimum atomic E-state index is 0.583. The molecule has 0 radical (unpaired) electrons. The lowest BCUT2D eigenvalue weighted by Gasteiger charge is -2.13. The Balaban J connectivity index is 2.07. The lowest BCUT2D eigenvalue weighted by molar-refractivity contribution is 1.13. The van der Waals surface area contributed by atoms with Crippen LogP contribution in [0.15, 0.2) is 59.8 Å². The van der Waals surface area contributed by atoms with Crippen LogP contribution < -0.4 is 10.7 Å². The summed E-state index contributed by atoms with van der Waals surface area (Å²) in [6, 6.07) is 15.7. The zero-order valence-electron chi connectivity index (χ0n) is 12.6. The first-order valence-corrected chi connectivity index (χ1v) is 6.97. The lowest BCUT2D eigenvalue weighted by atomic mass is 10.1. The standard InChI is InChI=1S/C17H17N5/c1-22(2)13-7-9-14-12(11-13)6-8-16(20-14)17(21-18)15-5-3-4-10-19-15/h3-11H,18H2,1-2H3. The minimum absolute atomic E-state index is 0.583. The Labute approximate surface area is 129 Å². The highest BCUT2D eigenvalue weighted by Crippen LogP contribution is 2.20. The summed E-state index contributed by atoms with van der Waals surface area (Å²) >= 11 is 0. The van der Waals surface area contributed by atoms with E-state index in [1.54, 1.807) is 6.20 Å². The topological polar surface area (TPSA) is 67.4 Å². The molecule has 5 nitrogen and oxygen atoms in total. The molecule has 5 heteroatoms. The van der Waals surface area contributed by atoms with Gasteiger partial charge in [0.2, 0.25) is 0 Å². The van der Waals surface area contributed by atoms with Gasteiger partial charge in [-0.15, -0.1) is 0 Å². The van der Waals surface area contributed by atoms with Gasteiger partial charge in [-0.2, -0.15) is 5.10 Å². The van der Waals surface area contributed by atoms with Crippen molar-refractivity contribution in [3.63, 3.8) is 0 Å². The number of anilines is 1. The van der Waals surface area contributed by atoms with E-state index in [4.69, 9.17) is 5.84 Å². The summed E-state index contributed by atoms with van der Waals surface area (Å²) < 4.78 is 0. The molecule has 0 amide bonds. The normalized spacial score (nSPS) is 11.6. The first-order valence-electron chi connectivity index (χ1n) is 6.97. The Morgan fingerprint density at radius 1 is 1.05 bits per heavy atom. The first-order chi connectivity index (χ1) is 10.7. The Kier molecular flexibility index (Phi) is 3.70. The van der Waals surface area contributed by atoms with Crippen molar-refractivity contribution >= 4 is 22.3 Å². The van der Waals surface area contributed by atoms with Gasteiger partial charge in [0.25, 0.3) is 0 Å². The number of nitrogens with two attached hydrogens (primary N) is 1. The molecule has 0 unspecified atom stereocenters. The SMILES string of the molecule is CN(C)c1ccc2nc(C(=NN)c3ccccn3)ccc2c1. The van der Waals surface area contributed by atoms with Gasteiger partial charge in [-0.3, -0.25) is 4.98 Å². The van der Waals surface area contributed by atoms with Gasteiger partial charge in [0.15, 0.2) is 0 Å². The largest absolute Gasteiger partial charge is 0.378 e. The number of pyridine rings is 2. The molecule has 0 spiro atoms. The predicted octanol–water partition coefficient (Wildman–Crippen LogP) is 2.41. The minimum Gasteiger partial charge on any atom is -0.378 e. The third kappa shape index (κ3) is 2.61. The average molecular weight is 291 g/mol. The van der Waals surface area contributed by atoms with Crippen molar-refractivity contribution in [1.29, 1.82) is 0 Å². The molecule has 0 fully saturated rings. The summed E-state index contributed by atoms with van der Waals surface area (Å²) in [4.78, 5) is 11.0. The summed E-state index contributed by atoms with van der Waals surface area (Å²) in [5.41, 5.74) is 4.05. The van der Waals surface area contributed by atoms with Crippen molar-refractivity contribution in [2.24, 2.45) is 10.9 Å². The molecule has 22 heavy (non-hydrogen) atoms. The number of hydrogen-bond donors (Lipinski definition) is 1. The van der Waals surface area contributed by atoms with Crippen LogP contribution in [0.5, 0.6) is 0 Å². The highest BCUT2D eigenvalue weighted by molar-refractivity contribution is 6.11. The summed E-state index contributed by atoms with van der Waals surface area (Å²) in [6.45, 7) is 0. The Bertz CT molecular complexity index is 825. The van der Waals surface area contributed by atoms with Crippen molar-refractivity contribution in [3.8, 4) is 0 Å². The summed E-state index contributed by atoms with van der Waals surface area (Å²) in [5.74, 6) is 5.55. The molecule has 3 aromatic rings. The van der Waals surface area contributed by atoms with Crippen LogP contribution in [0, 0.1) is 0 Å². The van der Waals surface area contributed by atoms with Crippen molar-refractivity contribution in [2.45, 2.75) is 0 Å². The van der Waals surface area contributed by atoms with Crippen LogP contribution in [0.25, 0.3) is 10.9 Å². The predicted molar refractivity (Wildman–Crippen MR) is 90.1 cm³/mol. The quantitative estimate of drug-likeness (QED) is 0.457. The van der Waals surface area contributed by atoms with Gasteiger partial charge in [0.1, 0.15) is 5.71 Å². The number of hydrazone groups is 1. The van der Waals surface area contributed by atoms with E-state index in [1.807, 2.05) is 56.6 Å². The van der Waals surface area contributed by atoms with Crippen LogP contribution in [0.4, 0.5) is 5.69 Å². The molecule has 0 saturated heterocycles. The molecular formula is C17H17N5. The summed E-state index contributed by atoms with van der Waals surface area (Å²) in [7, 11) is 4.03. The van der Waals surface area contributed by atoms with Crippen LogP contribution >= 0.6 is 0 Å². The third-order valence-corrected chi connectivity index (χ3v) is 3.47. The molecule has 3 rings (SSSR count). The zero-order chi connectivity index (χ0) is 15.5. The molecule has 0 aliphatic carbocycles. The van der Waals surface area contributed by atoms with Crippen LogP contribution in [-0.2, 0) is 0 Å². The van der Waals surface area contributed by atoms with Gasteiger partial charge in [0.05, 0.1) is 16.9 Å². The Morgan fingerprint density at radius 3 is 2.59 bits per heavy atom. The fourth-order valence-electron chi connectivity index (χ4n) is 2.29. The third-order valence-electron chi connectivity index (χ3n) is 3.47. The number of hydrogen-bond acceptors (Lipinski definition) is 5. The molecule has 2 N–H and O–H groups in total. The first kappa shape index (κ1) is 14.0. The fraction of sp³-hybridized carbons (Fsp3) is 0.118. The van der Waals surface area contributed by atoms with E-state index < -0.39 is 0 Å². The molecular weight excluding hydrogens is 274 g/mol. The van der Waals surface area contributed by atoms with Crippen LogP contribution in [0.2, 0.25) is 0 Å². The molecule has 0 bridgehead atoms. The molecule has 0 aliphatic heterocycles. The molecule has 0 aliphatic rings. The molecule has 2 heterocycles. The maximum absolute atomic E-state index is 5.55. The van der Waals surface area contributed by atoms with Gasteiger partial charge in [-0.25, -0.2) is 4.98 Å². The second kappa shape index (κ2) is 5.81. The van der Waals surface area contributed by atoms with Gasteiger partial charge in [0, 0.05) is 31.4 Å². The molecule has 110 valence electrons. The van der Waals surface area contributed by atoms with Gasteiger partial charge >= 0.3 is 0 Å². The van der Waals surface area contributed by atoms with Crippen molar-refractivity contribution in [1.82, 2.24) is 9.97 Å². The maximum Gasteiger partial charge on any atom is 0.134 e. The van der Waals surface area contributed by atoms with Crippen LogP contribution in [0.3, 0.4) is 0 Å². The van der Waals surface area contributed by atoms with E-state index in [-0.39, 0.29) is 0 Å². The lowest BCUT2D eigenvalue weighted by Crippen LogP contribution is -2.11. The van der Waals surface area contributed by atoms with Crippen LogP contribution in [0.1, 0.15) is 11.4 Å². The monoisotopic (exact) mass is 291 g/mol. The molecule has 0 saturated carbocycles. The van der Waals surface area contributed by atoms with E-state index in [0.717, 1.165) is 16.6 Å². The second-order valence-electron chi connectivity index (χ2n) is 5.16. The van der Waals surface area contributed by atoms with Gasteiger partial charge in [-0.1, -0.05) is 12.1 Å². The van der Waals surface area contributed by atoms with E-state index >= 15 is 0 Å². The smallest absolute Gasteiger partial charge is 0.134 e. The van der Waals surface area contributed by atoms with Crippen molar-refractivity contribution in [2.75, 3.05) is 19.0 Å². The van der Waals surface area contributed by atoms with E-state index in [0.29, 0.717) is 17.1 Å². The number of benzene rings is 1. The highest BCUT2D eigenvalue weighted by Gasteiger charge is 2.10. The molecule has 2 aromatic heterocycles. The average Bonchev–Trinajstić information content (AvgIpc) is 2.56. The van der Waals surface area contributed by atoms with E-state index in [1.165, 1.54) is 0 Å². The van der Waals surface area contributed by atoms with Crippen LogP contribution in [-0.4, -0.2) is 29.8 Å².